The SMILES string of the molecule is CCC(OC)OC(C)=O.Cc1ccccc1C. The molecule has 1 rings (SSSR count). The molecule has 1 atom stereocenters. The highest BCUT2D eigenvalue weighted by atomic mass is 16.7. The molecule has 0 aliphatic heterocycles. The van der Waals surface area contributed by atoms with Gasteiger partial charge < -0.3 is 9.47 Å². The number of aryl methyl sites for hydroxylation is 2. The van der Waals surface area contributed by atoms with Gasteiger partial charge in [0, 0.05) is 20.5 Å². The van der Waals surface area contributed by atoms with Gasteiger partial charge in [0.1, 0.15) is 0 Å². The Hall–Kier alpha value is -1.35. The van der Waals surface area contributed by atoms with E-state index < -0.39 is 0 Å². The van der Waals surface area contributed by atoms with Crippen molar-refractivity contribution in [2.45, 2.75) is 40.4 Å². The minimum absolute atomic E-state index is 0.302. The summed E-state index contributed by atoms with van der Waals surface area (Å²) >= 11 is 0. The third kappa shape index (κ3) is 7.53. The van der Waals surface area contributed by atoms with Crippen LogP contribution in [-0.2, 0) is 14.3 Å². The molecule has 0 aliphatic carbocycles. The van der Waals surface area contributed by atoms with E-state index in [4.69, 9.17) is 4.74 Å². The van der Waals surface area contributed by atoms with Gasteiger partial charge in [0.15, 0.2) is 0 Å². The van der Waals surface area contributed by atoms with Crippen LogP contribution in [0.25, 0.3) is 0 Å². The molecule has 0 bridgehead atoms. The van der Waals surface area contributed by atoms with Gasteiger partial charge in [0.05, 0.1) is 0 Å². The first-order valence-electron chi connectivity index (χ1n) is 5.73. The number of ether oxygens (including phenoxy) is 2. The summed E-state index contributed by atoms with van der Waals surface area (Å²) < 4.78 is 9.45. The lowest BCUT2D eigenvalue weighted by Crippen LogP contribution is -2.16. The van der Waals surface area contributed by atoms with Crippen molar-refractivity contribution in [3.8, 4) is 0 Å². The molecule has 1 aromatic carbocycles. The van der Waals surface area contributed by atoms with Crippen molar-refractivity contribution < 1.29 is 14.3 Å². The summed E-state index contributed by atoms with van der Waals surface area (Å²) in [5.41, 5.74) is 2.74. The first kappa shape index (κ1) is 15.7. The summed E-state index contributed by atoms with van der Waals surface area (Å²) in [6, 6.07) is 8.36. The van der Waals surface area contributed by atoms with Gasteiger partial charge in [0.25, 0.3) is 0 Å². The van der Waals surface area contributed by atoms with Crippen LogP contribution in [0.5, 0.6) is 0 Å². The van der Waals surface area contributed by atoms with Crippen molar-refractivity contribution in [1.82, 2.24) is 0 Å². The van der Waals surface area contributed by atoms with Crippen LogP contribution in [0.15, 0.2) is 24.3 Å². The molecule has 0 N–H and O–H groups in total. The van der Waals surface area contributed by atoms with Crippen LogP contribution in [0.3, 0.4) is 0 Å². The Kier molecular flexibility index (Phi) is 8.07. The minimum Gasteiger partial charge on any atom is -0.436 e. The van der Waals surface area contributed by atoms with Crippen LogP contribution in [0.2, 0.25) is 0 Å². The Morgan fingerprint density at radius 1 is 1.24 bits per heavy atom. The van der Waals surface area contributed by atoms with Gasteiger partial charge in [-0.25, -0.2) is 0 Å². The fourth-order valence-electron chi connectivity index (χ4n) is 1.15. The van der Waals surface area contributed by atoms with E-state index in [9.17, 15) is 4.79 Å². The Bertz CT molecular complexity index is 309. The molecule has 0 aromatic heterocycles. The average molecular weight is 238 g/mol. The predicted molar refractivity (Wildman–Crippen MR) is 68.8 cm³/mol. The molecule has 0 spiro atoms. The number of methoxy groups -OCH3 is 1. The van der Waals surface area contributed by atoms with Crippen LogP contribution in [-0.4, -0.2) is 19.4 Å². The summed E-state index contributed by atoms with van der Waals surface area (Å²) in [4.78, 5) is 10.3. The molecule has 0 radical (unpaired) electrons. The molecule has 0 saturated carbocycles. The van der Waals surface area contributed by atoms with E-state index in [0.29, 0.717) is 6.42 Å². The molecule has 0 heterocycles. The molecule has 0 aliphatic rings. The Morgan fingerprint density at radius 3 is 1.88 bits per heavy atom. The Labute approximate surface area is 104 Å². The van der Waals surface area contributed by atoms with Gasteiger partial charge in [0.2, 0.25) is 6.29 Å². The Balaban J connectivity index is 0.000000302. The lowest BCUT2D eigenvalue weighted by molar-refractivity contribution is -0.171. The summed E-state index contributed by atoms with van der Waals surface area (Å²) in [7, 11) is 1.51. The van der Waals surface area contributed by atoms with Crippen molar-refractivity contribution in [3.05, 3.63) is 35.4 Å². The van der Waals surface area contributed by atoms with Crippen molar-refractivity contribution >= 4 is 5.97 Å². The standard InChI is InChI=1S/C8H10.C6H12O3/c1-7-5-3-4-6-8(7)2;1-4-6(8-3)9-5(2)7/h3-6H,1-2H3;6H,4H2,1-3H3. The molecule has 17 heavy (non-hydrogen) atoms. The van der Waals surface area contributed by atoms with Crippen molar-refractivity contribution in [2.75, 3.05) is 7.11 Å². The number of carbonyl (C=O) groups excluding carboxylic acids is 1. The second kappa shape index (κ2) is 8.76. The van der Waals surface area contributed by atoms with Gasteiger partial charge in [-0.2, -0.15) is 0 Å². The number of carbonyl (C=O) groups is 1. The molecule has 1 aromatic rings. The molecule has 0 amide bonds. The second-order valence-electron chi connectivity index (χ2n) is 3.77. The lowest BCUT2D eigenvalue weighted by atomic mass is 10.1. The number of hydrogen-bond acceptors (Lipinski definition) is 3. The monoisotopic (exact) mass is 238 g/mol. The quantitative estimate of drug-likeness (QED) is 0.599. The highest BCUT2D eigenvalue weighted by molar-refractivity contribution is 5.66. The molecule has 0 fully saturated rings. The maximum absolute atomic E-state index is 10.3. The normalized spacial score (nSPS) is 11.1. The predicted octanol–water partition coefficient (Wildman–Crippen LogP) is 3.24. The van der Waals surface area contributed by atoms with Crippen LogP contribution in [0.1, 0.15) is 31.4 Å². The zero-order chi connectivity index (χ0) is 13.3. The molecular weight excluding hydrogens is 216 g/mol. The minimum atomic E-state index is -0.373. The zero-order valence-electron chi connectivity index (χ0n) is 11.3. The third-order valence-electron chi connectivity index (χ3n) is 2.32. The average Bonchev–Trinajstić information content (AvgIpc) is 2.30. The van der Waals surface area contributed by atoms with E-state index in [2.05, 4.69) is 42.8 Å². The number of benzene rings is 1. The topological polar surface area (TPSA) is 35.5 Å². The summed E-state index contributed by atoms with van der Waals surface area (Å²) in [6.45, 7) is 7.49. The van der Waals surface area contributed by atoms with Gasteiger partial charge in [-0.3, -0.25) is 4.79 Å². The first-order valence-corrected chi connectivity index (χ1v) is 5.73. The van der Waals surface area contributed by atoms with Gasteiger partial charge in [-0.1, -0.05) is 31.2 Å². The van der Waals surface area contributed by atoms with E-state index in [0.717, 1.165) is 0 Å². The summed E-state index contributed by atoms with van der Waals surface area (Å²) in [5, 5.41) is 0. The van der Waals surface area contributed by atoms with Crippen molar-refractivity contribution in [3.63, 3.8) is 0 Å². The largest absolute Gasteiger partial charge is 0.436 e. The number of esters is 1. The number of rotatable bonds is 3. The number of hydrogen-bond donors (Lipinski definition) is 0. The van der Waals surface area contributed by atoms with Crippen LogP contribution < -0.4 is 0 Å². The molecule has 0 saturated heterocycles. The first-order chi connectivity index (χ1) is 8.01. The Morgan fingerprint density at radius 2 is 1.71 bits per heavy atom. The van der Waals surface area contributed by atoms with Crippen molar-refractivity contribution in [1.29, 1.82) is 0 Å². The maximum atomic E-state index is 10.3. The smallest absolute Gasteiger partial charge is 0.304 e. The lowest BCUT2D eigenvalue weighted by Gasteiger charge is -2.11. The summed E-state index contributed by atoms with van der Waals surface area (Å²) in [6.07, 6.45) is 0.318. The van der Waals surface area contributed by atoms with E-state index in [1.807, 2.05) is 6.92 Å². The highest BCUT2D eigenvalue weighted by Gasteiger charge is 2.05. The van der Waals surface area contributed by atoms with Crippen LogP contribution >= 0.6 is 0 Å². The maximum Gasteiger partial charge on any atom is 0.304 e. The van der Waals surface area contributed by atoms with E-state index in [1.165, 1.54) is 25.2 Å². The molecule has 3 heteroatoms. The molecular formula is C14H22O3. The fourth-order valence-corrected chi connectivity index (χ4v) is 1.15. The van der Waals surface area contributed by atoms with Gasteiger partial charge in [-0.15, -0.1) is 0 Å². The van der Waals surface area contributed by atoms with Crippen LogP contribution in [0.4, 0.5) is 0 Å². The molecule has 96 valence electrons. The molecule has 1 unspecified atom stereocenters. The van der Waals surface area contributed by atoms with E-state index >= 15 is 0 Å². The fraction of sp³-hybridized carbons (Fsp3) is 0.500. The van der Waals surface area contributed by atoms with E-state index in [-0.39, 0.29) is 12.3 Å². The van der Waals surface area contributed by atoms with Gasteiger partial charge >= 0.3 is 5.97 Å². The van der Waals surface area contributed by atoms with E-state index in [1.54, 1.807) is 0 Å². The van der Waals surface area contributed by atoms with Crippen LogP contribution in [0, 0.1) is 13.8 Å². The third-order valence-corrected chi connectivity index (χ3v) is 2.32. The van der Waals surface area contributed by atoms with Gasteiger partial charge in [-0.05, 0) is 25.0 Å². The zero-order valence-corrected chi connectivity index (χ0v) is 11.3. The van der Waals surface area contributed by atoms with Crippen molar-refractivity contribution in [2.24, 2.45) is 0 Å². The molecule has 3 nitrogen and oxygen atoms in total. The second-order valence-corrected chi connectivity index (χ2v) is 3.77. The highest BCUT2D eigenvalue weighted by Crippen LogP contribution is 2.02. The summed E-state index contributed by atoms with van der Waals surface area (Å²) in [5.74, 6) is -0.302.